The van der Waals surface area contributed by atoms with Gasteiger partial charge in [-0.3, -0.25) is 24.0 Å². The number of likely N-dealkylation sites (tertiary alicyclic amines) is 1. The van der Waals surface area contributed by atoms with Gasteiger partial charge >= 0.3 is 6.03 Å². The zero-order valence-corrected chi connectivity index (χ0v) is 31.2. The van der Waals surface area contributed by atoms with Crippen molar-refractivity contribution in [1.29, 1.82) is 0 Å². The van der Waals surface area contributed by atoms with E-state index in [0.29, 0.717) is 17.1 Å². The van der Waals surface area contributed by atoms with Crippen LogP contribution in [-0.2, 0) is 34.0 Å². The van der Waals surface area contributed by atoms with Crippen molar-refractivity contribution in [2.24, 2.45) is 34.8 Å². The Morgan fingerprint density at radius 2 is 1.52 bits per heavy atom. The number of amides is 6. The molecule has 1 unspecified atom stereocenters. The summed E-state index contributed by atoms with van der Waals surface area (Å²) < 4.78 is 26.9. The molecule has 0 aromatic heterocycles. The number of carbonyl (C=O) groups is 6. The first-order valence-electron chi connectivity index (χ1n) is 17.3. The molecule has 6 amide bonds. The Morgan fingerprint density at radius 1 is 0.920 bits per heavy atom. The van der Waals surface area contributed by atoms with Crippen molar-refractivity contribution in [3.8, 4) is 0 Å². The second-order valence-corrected chi connectivity index (χ2v) is 17.4. The van der Waals surface area contributed by atoms with Crippen LogP contribution in [0, 0.1) is 29.1 Å². The number of carbonyl (C=O) groups excluding carboxylic acids is 6. The van der Waals surface area contributed by atoms with Crippen molar-refractivity contribution < 1.29 is 37.2 Å². The topological polar surface area (TPSA) is 205 Å². The molecule has 1 heterocycles. The Kier molecular flexibility index (Phi) is 13.2. The fourth-order valence-electron chi connectivity index (χ4n) is 6.37. The van der Waals surface area contributed by atoms with E-state index in [4.69, 9.17) is 5.73 Å². The smallest absolute Gasteiger partial charge is 0.316 e. The summed E-state index contributed by atoms with van der Waals surface area (Å²) in [6, 6.07) is 2.08. The number of sulfonamides is 1. The number of ketones is 1. The highest BCUT2D eigenvalue weighted by atomic mass is 32.2. The average Bonchev–Trinajstić information content (AvgIpc) is 3.76. The van der Waals surface area contributed by atoms with Crippen molar-refractivity contribution >= 4 is 45.5 Å². The van der Waals surface area contributed by atoms with Crippen LogP contribution in [-0.4, -0.2) is 90.8 Å². The molecule has 2 aliphatic rings. The normalized spacial score (nSPS) is 19.8. The van der Waals surface area contributed by atoms with Crippen molar-refractivity contribution in [3.05, 3.63) is 30.3 Å². The Balaban J connectivity index is 1.85. The first kappa shape index (κ1) is 40.4. The lowest BCUT2D eigenvalue weighted by Gasteiger charge is -2.37. The van der Waals surface area contributed by atoms with Gasteiger partial charge in [0, 0.05) is 13.6 Å². The predicted molar refractivity (Wildman–Crippen MR) is 186 cm³/mol. The van der Waals surface area contributed by atoms with Crippen LogP contribution in [0.1, 0.15) is 80.6 Å². The molecule has 14 nitrogen and oxygen atoms in total. The van der Waals surface area contributed by atoms with Crippen LogP contribution in [0.5, 0.6) is 0 Å². The maximum atomic E-state index is 14.3. The van der Waals surface area contributed by atoms with Gasteiger partial charge in [0.05, 0.1) is 10.9 Å². The Hall–Kier alpha value is -4.01. The molecular weight excluding hydrogens is 664 g/mol. The van der Waals surface area contributed by atoms with Gasteiger partial charge in [-0.2, -0.15) is 0 Å². The number of rotatable bonds is 15. The van der Waals surface area contributed by atoms with Crippen LogP contribution in [0.25, 0.3) is 0 Å². The number of primary amides is 1. The van der Waals surface area contributed by atoms with Crippen LogP contribution < -0.4 is 21.7 Å². The number of hydrogen-bond acceptors (Lipinski definition) is 8. The minimum atomic E-state index is -4.21. The van der Waals surface area contributed by atoms with Gasteiger partial charge in [0.25, 0.3) is 21.8 Å². The Morgan fingerprint density at radius 3 is 2.02 bits per heavy atom. The van der Waals surface area contributed by atoms with Crippen LogP contribution >= 0.6 is 0 Å². The molecule has 0 radical (unpaired) electrons. The zero-order valence-electron chi connectivity index (χ0n) is 30.4. The molecule has 1 aromatic rings. The van der Waals surface area contributed by atoms with Crippen molar-refractivity contribution in [1.82, 2.24) is 25.2 Å². The summed E-state index contributed by atoms with van der Waals surface area (Å²) in [4.78, 5) is 81.1. The molecular formula is C35H54N6O8S. The molecule has 5 N–H and O–H groups in total. The third-order valence-electron chi connectivity index (χ3n) is 9.31. The molecule has 15 heteroatoms. The van der Waals surface area contributed by atoms with Gasteiger partial charge in [-0.25, -0.2) is 17.5 Å². The van der Waals surface area contributed by atoms with E-state index in [2.05, 4.69) is 16.0 Å². The predicted octanol–water partition coefficient (Wildman–Crippen LogP) is 2.17. The minimum Gasteiger partial charge on any atom is -0.363 e. The summed E-state index contributed by atoms with van der Waals surface area (Å²) in [7, 11) is -3.08. The third-order valence-corrected chi connectivity index (χ3v) is 11.1. The van der Waals surface area contributed by atoms with Gasteiger partial charge in [-0.1, -0.05) is 79.5 Å². The van der Waals surface area contributed by atoms with E-state index in [0.717, 1.165) is 19.9 Å². The number of urea groups is 1. The molecule has 1 aromatic carbocycles. The summed E-state index contributed by atoms with van der Waals surface area (Å²) >= 11 is 0. The lowest BCUT2D eigenvalue weighted by atomic mass is 9.85. The van der Waals surface area contributed by atoms with Crippen LogP contribution in [0.4, 0.5) is 4.79 Å². The minimum absolute atomic E-state index is 0.0842. The second kappa shape index (κ2) is 16.3. The molecule has 2 fully saturated rings. The number of nitrogens with two attached hydrogens (primary N) is 1. The maximum Gasteiger partial charge on any atom is 0.316 e. The van der Waals surface area contributed by atoms with E-state index in [9.17, 15) is 37.2 Å². The number of hydrogen-bond donors (Lipinski definition) is 4. The molecule has 278 valence electrons. The van der Waals surface area contributed by atoms with Crippen LogP contribution in [0.3, 0.4) is 0 Å². The fraction of sp³-hybridized carbons (Fsp3) is 0.657. The van der Waals surface area contributed by atoms with Crippen LogP contribution in [0.15, 0.2) is 35.2 Å². The molecule has 1 saturated carbocycles. The van der Waals surface area contributed by atoms with Crippen LogP contribution in [0.2, 0.25) is 0 Å². The number of Topliss-reactive ketones (excluding diaryl/α,β-unsaturated/α-hetero) is 1. The molecule has 0 bridgehead atoms. The van der Waals surface area contributed by atoms with Crippen molar-refractivity contribution in [2.75, 3.05) is 13.6 Å². The third kappa shape index (κ3) is 10.0. The highest BCUT2D eigenvalue weighted by Gasteiger charge is 2.47. The lowest BCUT2D eigenvalue weighted by Crippen LogP contribution is -2.62. The standard InChI is InChI=1S/C35H54N6O8S/c1-20(2)18-23-16-17-41(27(23)31(44)37-25(19-22-14-15-22)28(42)30(36)43)33(46)29(35(5,6)7)39-34(47)38-26(21(3)4)32(45)40(8)50(48,49)24-12-10-9-11-13-24/h9-13,20-23,25-27,29H,14-19H2,1-8H3,(H2,36,43)(H,37,44)(H2,38,39,47)/t23-,25?,26+,27+,29-/m1/s1. The SMILES string of the molecule is CC(C)C[C@H]1CCN(C(=O)[C@@H](NC(=O)N[C@H](C(=O)N(C)S(=O)(=O)c2ccccc2)C(C)C)C(C)(C)C)[C@@H]1C(=O)NC(CC1CC1)C(=O)C(N)=O. The summed E-state index contributed by atoms with van der Waals surface area (Å²) in [6.07, 6.45) is 3.17. The number of nitrogens with zero attached hydrogens (tertiary/aromatic N) is 2. The van der Waals surface area contributed by atoms with Crippen molar-refractivity contribution in [3.63, 3.8) is 0 Å². The Bertz CT molecular complexity index is 1540. The Labute approximate surface area is 295 Å². The monoisotopic (exact) mass is 718 g/mol. The first-order valence-corrected chi connectivity index (χ1v) is 18.7. The van der Waals surface area contributed by atoms with E-state index in [1.165, 1.54) is 29.2 Å². The van der Waals surface area contributed by atoms with Gasteiger partial charge in [0.15, 0.2) is 0 Å². The zero-order chi connectivity index (χ0) is 37.7. The van der Waals surface area contributed by atoms with E-state index in [1.54, 1.807) is 40.7 Å². The fourth-order valence-corrected chi connectivity index (χ4v) is 7.53. The van der Waals surface area contributed by atoms with E-state index in [-0.39, 0.29) is 35.6 Å². The average molecular weight is 719 g/mol. The van der Waals surface area contributed by atoms with Gasteiger partial charge < -0.3 is 26.6 Å². The molecule has 3 rings (SSSR count). The van der Waals surface area contributed by atoms with E-state index in [1.807, 2.05) is 13.8 Å². The summed E-state index contributed by atoms with van der Waals surface area (Å²) in [5.41, 5.74) is 4.43. The van der Waals surface area contributed by atoms with Crippen molar-refractivity contribution in [2.45, 2.75) is 110 Å². The quantitative estimate of drug-likeness (QED) is 0.197. The largest absolute Gasteiger partial charge is 0.363 e. The summed E-state index contributed by atoms with van der Waals surface area (Å²) in [5.74, 6) is -4.37. The summed E-state index contributed by atoms with van der Waals surface area (Å²) in [5, 5.41) is 8.00. The van der Waals surface area contributed by atoms with Gasteiger partial charge in [0.1, 0.15) is 18.1 Å². The molecule has 1 aliphatic heterocycles. The number of likely N-dealkylation sites (N-methyl/N-ethyl adjacent to an activating group) is 1. The number of benzene rings is 1. The van der Waals surface area contributed by atoms with E-state index < -0.39 is 81.0 Å². The molecule has 1 saturated heterocycles. The molecule has 1 aliphatic carbocycles. The lowest BCUT2D eigenvalue weighted by molar-refractivity contribution is -0.144. The summed E-state index contributed by atoms with van der Waals surface area (Å²) in [6.45, 7) is 12.8. The molecule has 5 atom stereocenters. The highest BCUT2D eigenvalue weighted by Crippen LogP contribution is 2.35. The highest BCUT2D eigenvalue weighted by molar-refractivity contribution is 7.89. The first-order chi connectivity index (χ1) is 23.2. The van der Waals surface area contributed by atoms with Gasteiger partial charge in [-0.15, -0.1) is 0 Å². The molecule has 50 heavy (non-hydrogen) atoms. The number of nitrogens with one attached hydrogen (secondary N) is 3. The molecule has 0 spiro atoms. The van der Waals surface area contributed by atoms with Gasteiger partial charge in [-0.05, 0) is 60.5 Å². The van der Waals surface area contributed by atoms with Gasteiger partial charge in [0.2, 0.25) is 17.6 Å². The maximum absolute atomic E-state index is 14.3. The second-order valence-electron chi connectivity index (χ2n) is 15.4. The van der Waals surface area contributed by atoms with E-state index >= 15 is 0 Å².